The van der Waals surface area contributed by atoms with Gasteiger partial charge in [-0.25, -0.2) is 4.79 Å². The van der Waals surface area contributed by atoms with Gasteiger partial charge in [0.05, 0.1) is 6.54 Å². The Labute approximate surface area is 230 Å². The monoisotopic (exact) mass is 527 g/mol. The van der Waals surface area contributed by atoms with Gasteiger partial charge in [-0.15, -0.1) is 0 Å². The van der Waals surface area contributed by atoms with Gasteiger partial charge in [-0.2, -0.15) is 0 Å². The summed E-state index contributed by atoms with van der Waals surface area (Å²) in [4.78, 5) is 30.9. The standard InChI is InChI=1S/C32H37N3O4/c1-21-10-9-13-24(22(21)2)19-35(25-14-15-25)30(36)27-20-34(31(37)38-32(3,4)5)17-16-26(27)29-18-28(33-39-29)23-11-7-6-8-12-23/h6-13,18,25H,14-17,19-20H2,1-5H3. The quantitative estimate of drug-likeness (QED) is 0.364. The minimum atomic E-state index is -0.622. The van der Waals surface area contributed by atoms with Crippen molar-refractivity contribution in [3.05, 3.63) is 82.6 Å². The van der Waals surface area contributed by atoms with Crippen molar-refractivity contribution in [2.75, 3.05) is 13.1 Å². The molecule has 1 aromatic heterocycles. The predicted octanol–water partition coefficient (Wildman–Crippen LogP) is 6.54. The maximum absolute atomic E-state index is 14.3. The van der Waals surface area contributed by atoms with Crippen LogP contribution in [0.15, 0.2) is 64.7 Å². The highest BCUT2D eigenvalue weighted by Crippen LogP contribution is 2.36. The van der Waals surface area contributed by atoms with Gasteiger partial charge in [-0.05, 0) is 70.6 Å². The Morgan fingerprint density at radius 3 is 2.51 bits per heavy atom. The summed E-state index contributed by atoms with van der Waals surface area (Å²) >= 11 is 0. The van der Waals surface area contributed by atoms with Crippen molar-refractivity contribution in [2.45, 2.75) is 72.1 Å². The fourth-order valence-corrected chi connectivity index (χ4v) is 4.97. The molecule has 2 amide bonds. The Morgan fingerprint density at radius 1 is 1.08 bits per heavy atom. The van der Waals surface area contributed by atoms with Crippen LogP contribution in [0, 0.1) is 13.8 Å². The van der Waals surface area contributed by atoms with Crippen molar-refractivity contribution in [1.29, 1.82) is 0 Å². The molecule has 39 heavy (non-hydrogen) atoms. The van der Waals surface area contributed by atoms with E-state index in [1.807, 2.05) is 68.1 Å². The minimum Gasteiger partial charge on any atom is -0.444 e. The summed E-state index contributed by atoms with van der Waals surface area (Å²) in [5.74, 6) is 0.517. The summed E-state index contributed by atoms with van der Waals surface area (Å²) in [6.45, 7) is 10.9. The van der Waals surface area contributed by atoms with E-state index in [1.54, 1.807) is 4.90 Å². The molecule has 2 aliphatic rings. The van der Waals surface area contributed by atoms with Crippen LogP contribution in [0.5, 0.6) is 0 Å². The van der Waals surface area contributed by atoms with Crippen molar-refractivity contribution < 1.29 is 18.8 Å². The average molecular weight is 528 g/mol. The minimum absolute atomic E-state index is 0.0562. The molecule has 5 rings (SSSR count). The van der Waals surface area contributed by atoms with E-state index < -0.39 is 11.7 Å². The topological polar surface area (TPSA) is 75.9 Å². The molecule has 1 aliphatic carbocycles. The molecular formula is C32H37N3O4. The van der Waals surface area contributed by atoms with Gasteiger partial charge in [0.1, 0.15) is 11.3 Å². The van der Waals surface area contributed by atoms with Gasteiger partial charge in [0.15, 0.2) is 5.76 Å². The largest absolute Gasteiger partial charge is 0.444 e. The number of carbonyl (C=O) groups is 2. The van der Waals surface area contributed by atoms with Crippen molar-refractivity contribution in [3.8, 4) is 11.3 Å². The summed E-state index contributed by atoms with van der Waals surface area (Å²) in [6.07, 6.45) is 2.03. The number of carbonyl (C=O) groups excluding carboxylic acids is 2. The molecule has 0 radical (unpaired) electrons. The van der Waals surface area contributed by atoms with Crippen LogP contribution in [0.1, 0.15) is 62.5 Å². The maximum atomic E-state index is 14.3. The second kappa shape index (κ2) is 10.7. The maximum Gasteiger partial charge on any atom is 0.410 e. The van der Waals surface area contributed by atoms with E-state index in [0.717, 1.165) is 29.5 Å². The number of nitrogens with zero attached hydrogens (tertiary/aromatic N) is 3. The molecule has 1 saturated carbocycles. The molecule has 2 heterocycles. The number of amides is 2. The highest BCUT2D eigenvalue weighted by molar-refractivity contribution is 6.02. The predicted molar refractivity (Wildman–Crippen MR) is 151 cm³/mol. The van der Waals surface area contributed by atoms with E-state index in [9.17, 15) is 9.59 Å². The van der Waals surface area contributed by atoms with E-state index in [1.165, 1.54) is 11.1 Å². The first-order chi connectivity index (χ1) is 18.6. The third-order valence-electron chi connectivity index (χ3n) is 7.44. The van der Waals surface area contributed by atoms with E-state index in [2.05, 4.69) is 31.1 Å². The van der Waals surface area contributed by atoms with Gasteiger partial charge in [0, 0.05) is 41.9 Å². The second-order valence-corrected chi connectivity index (χ2v) is 11.6. The summed E-state index contributed by atoms with van der Waals surface area (Å²) in [5.41, 5.74) is 5.97. The molecule has 0 bridgehead atoms. The Kier molecular flexibility index (Phi) is 7.34. The number of ether oxygens (including phenoxy) is 1. The van der Waals surface area contributed by atoms with Crippen LogP contribution >= 0.6 is 0 Å². The first-order valence-corrected chi connectivity index (χ1v) is 13.7. The van der Waals surface area contributed by atoms with Gasteiger partial charge >= 0.3 is 6.09 Å². The highest BCUT2D eigenvalue weighted by atomic mass is 16.6. The molecule has 0 unspecified atom stereocenters. The zero-order valence-corrected chi connectivity index (χ0v) is 23.5. The normalized spacial score (nSPS) is 15.9. The molecule has 0 N–H and O–H groups in total. The van der Waals surface area contributed by atoms with E-state index in [-0.39, 0.29) is 18.5 Å². The van der Waals surface area contributed by atoms with Crippen molar-refractivity contribution in [2.24, 2.45) is 0 Å². The number of aromatic nitrogens is 1. The fraction of sp³-hybridized carbons (Fsp3) is 0.406. The van der Waals surface area contributed by atoms with Crippen molar-refractivity contribution in [3.63, 3.8) is 0 Å². The van der Waals surface area contributed by atoms with Gasteiger partial charge < -0.3 is 19.1 Å². The summed E-state index contributed by atoms with van der Waals surface area (Å²) in [5, 5.41) is 4.30. The number of benzene rings is 2. The first-order valence-electron chi connectivity index (χ1n) is 13.7. The zero-order valence-electron chi connectivity index (χ0n) is 23.5. The van der Waals surface area contributed by atoms with Crippen LogP contribution < -0.4 is 0 Å². The first kappa shape index (κ1) is 26.7. The average Bonchev–Trinajstić information content (AvgIpc) is 3.63. The third-order valence-corrected chi connectivity index (χ3v) is 7.44. The molecule has 0 atom stereocenters. The van der Waals surface area contributed by atoms with Gasteiger partial charge in [0.2, 0.25) is 0 Å². The molecule has 0 spiro atoms. The Balaban J connectivity index is 1.51. The SMILES string of the molecule is Cc1cccc(CN(C(=O)C2=C(c3cc(-c4ccccc4)no3)CCN(C(=O)OC(C)(C)C)C2)C2CC2)c1C. The van der Waals surface area contributed by atoms with E-state index in [4.69, 9.17) is 9.26 Å². The molecule has 7 heteroatoms. The van der Waals surface area contributed by atoms with Crippen LogP contribution in [0.3, 0.4) is 0 Å². The molecule has 204 valence electrons. The summed E-state index contributed by atoms with van der Waals surface area (Å²) < 4.78 is 11.5. The van der Waals surface area contributed by atoms with Gasteiger partial charge in [0.25, 0.3) is 5.91 Å². The highest BCUT2D eigenvalue weighted by Gasteiger charge is 2.38. The summed E-state index contributed by atoms with van der Waals surface area (Å²) in [6, 6.07) is 18.1. The molecule has 2 aromatic carbocycles. The molecule has 0 saturated heterocycles. The number of aryl methyl sites for hydroxylation is 1. The number of hydrogen-bond donors (Lipinski definition) is 0. The van der Waals surface area contributed by atoms with Gasteiger partial charge in [-0.1, -0.05) is 53.7 Å². The van der Waals surface area contributed by atoms with Crippen molar-refractivity contribution in [1.82, 2.24) is 15.0 Å². The Bertz CT molecular complexity index is 1400. The molecule has 1 fully saturated rings. The lowest BCUT2D eigenvalue weighted by atomic mass is 9.95. The lowest BCUT2D eigenvalue weighted by Gasteiger charge is -2.34. The number of hydrogen-bond acceptors (Lipinski definition) is 5. The van der Waals surface area contributed by atoms with Crippen LogP contribution in [0.25, 0.3) is 16.8 Å². The van der Waals surface area contributed by atoms with Gasteiger partial charge in [-0.3, -0.25) is 4.79 Å². The molecule has 1 aliphatic heterocycles. The fourth-order valence-electron chi connectivity index (χ4n) is 4.97. The van der Waals surface area contributed by atoms with Crippen molar-refractivity contribution >= 4 is 17.6 Å². The van der Waals surface area contributed by atoms with Crippen LogP contribution in [-0.2, 0) is 16.1 Å². The smallest absolute Gasteiger partial charge is 0.410 e. The number of rotatable bonds is 6. The van der Waals surface area contributed by atoms with E-state index >= 15 is 0 Å². The third kappa shape index (κ3) is 6.08. The van der Waals surface area contributed by atoms with Crippen LogP contribution in [0.2, 0.25) is 0 Å². The molecule has 7 nitrogen and oxygen atoms in total. The van der Waals surface area contributed by atoms with Crippen LogP contribution in [-0.4, -0.2) is 51.7 Å². The summed E-state index contributed by atoms with van der Waals surface area (Å²) in [7, 11) is 0. The van der Waals surface area contributed by atoms with Crippen LogP contribution in [0.4, 0.5) is 4.79 Å². The van der Waals surface area contributed by atoms with E-state index in [0.29, 0.717) is 36.5 Å². The molecule has 3 aromatic rings. The Morgan fingerprint density at radius 2 is 1.82 bits per heavy atom. The second-order valence-electron chi connectivity index (χ2n) is 11.6. The lowest BCUT2D eigenvalue weighted by Crippen LogP contribution is -2.44. The Hall–Kier alpha value is -3.87. The lowest BCUT2D eigenvalue weighted by molar-refractivity contribution is -0.128. The zero-order chi connectivity index (χ0) is 27.7. The molecular weight excluding hydrogens is 490 g/mol.